The molecule has 1 aliphatic heterocycles. The number of fused-ring (bicyclic) bond motifs is 1. The smallest absolute Gasteiger partial charge is 0.266 e. The lowest BCUT2D eigenvalue weighted by atomic mass is 10.0. The molecule has 3 rings (SSSR count). The second-order valence-electron chi connectivity index (χ2n) is 5.63. The van der Waals surface area contributed by atoms with Crippen LogP contribution in [0.4, 0.5) is 5.69 Å². The highest BCUT2D eigenvalue weighted by Crippen LogP contribution is 2.30. The topological polar surface area (TPSA) is 62.1 Å². The number of halogens is 1. The predicted octanol–water partition coefficient (Wildman–Crippen LogP) is 4.21. The van der Waals surface area contributed by atoms with E-state index in [2.05, 4.69) is 5.32 Å². The lowest BCUT2D eigenvalue weighted by Crippen LogP contribution is -2.13. The maximum atomic E-state index is 12.3. The fourth-order valence-corrected chi connectivity index (χ4v) is 2.80. The maximum absolute atomic E-state index is 12.3. The number of carbonyl (C=O) groups excluding carboxylic acids is 1. The van der Waals surface area contributed by atoms with E-state index in [1.807, 2.05) is 31.2 Å². The van der Waals surface area contributed by atoms with Crippen molar-refractivity contribution in [1.29, 1.82) is 5.26 Å². The third-order valence-electron chi connectivity index (χ3n) is 3.68. The van der Waals surface area contributed by atoms with E-state index in [0.717, 1.165) is 23.3 Å². The molecular formula is C19H15ClN2O2. The van der Waals surface area contributed by atoms with Crippen molar-refractivity contribution in [1.82, 2.24) is 0 Å². The van der Waals surface area contributed by atoms with Gasteiger partial charge in [-0.25, -0.2) is 0 Å². The Labute approximate surface area is 145 Å². The number of hydrogen-bond acceptors (Lipinski definition) is 3. The van der Waals surface area contributed by atoms with Crippen LogP contribution in [0.3, 0.4) is 0 Å². The van der Waals surface area contributed by atoms with Crippen LogP contribution in [0.2, 0.25) is 5.02 Å². The van der Waals surface area contributed by atoms with Crippen LogP contribution in [0, 0.1) is 11.3 Å². The quantitative estimate of drug-likeness (QED) is 0.673. The van der Waals surface area contributed by atoms with Crippen molar-refractivity contribution < 1.29 is 9.53 Å². The van der Waals surface area contributed by atoms with Gasteiger partial charge < -0.3 is 10.1 Å². The van der Waals surface area contributed by atoms with Crippen molar-refractivity contribution in [2.24, 2.45) is 0 Å². The van der Waals surface area contributed by atoms with Crippen molar-refractivity contribution >= 4 is 29.3 Å². The van der Waals surface area contributed by atoms with Crippen LogP contribution >= 0.6 is 11.6 Å². The number of hydrogen-bond donors (Lipinski definition) is 1. The van der Waals surface area contributed by atoms with Crippen molar-refractivity contribution in [3.05, 3.63) is 64.2 Å². The maximum Gasteiger partial charge on any atom is 0.266 e. The molecule has 0 bridgehead atoms. The first-order chi connectivity index (χ1) is 11.5. The van der Waals surface area contributed by atoms with Crippen LogP contribution in [0.15, 0.2) is 48.0 Å². The molecule has 0 unspecified atom stereocenters. The van der Waals surface area contributed by atoms with Gasteiger partial charge in [-0.15, -0.1) is 0 Å². The average Bonchev–Trinajstić information content (AvgIpc) is 2.91. The summed E-state index contributed by atoms with van der Waals surface area (Å²) < 4.78 is 5.65. The molecule has 0 saturated heterocycles. The SMILES string of the molecule is C[C@H]1Cc2cc(/C=C(/C#N)C(=O)Nc3cccc(Cl)c3)ccc2O1. The molecule has 0 spiro atoms. The van der Waals surface area contributed by atoms with Crippen LogP contribution in [-0.2, 0) is 11.2 Å². The summed E-state index contributed by atoms with van der Waals surface area (Å²) in [5.41, 5.74) is 2.46. The fraction of sp³-hybridized carbons (Fsp3) is 0.158. The number of carbonyl (C=O) groups is 1. The predicted molar refractivity (Wildman–Crippen MR) is 93.9 cm³/mol. The molecule has 0 aliphatic carbocycles. The number of benzene rings is 2. The Bertz CT molecular complexity index is 868. The highest BCUT2D eigenvalue weighted by Gasteiger charge is 2.19. The molecule has 1 aliphatic rings. The number of ether oxygens (including phenoxy) is 1. The van der Waals surface area contributed by atoms with Gasteiger partial charge in [-0.1, -0.05) is 23.7 Å². The molecule has 2 aromatic rings. The second-order valence-corrected chi connectivity index (χ2v) is 6.07. The Morgan fingerprint density at radius 3 is 2.96 bits per heavy atom. The van der Waals surface area contributed by atoms with E-state index >= 15 is 0 Å². The Balaban J connectivity index is 1.81. The van der Waals surface area contributed by atoms with Gasteiger partial charge in [0.25, 0.3) is 5.91 Å². The third-order valence-corrected chi connectivity index (χ3v) is 3.91. The summed E-state index contributed by atoms with van der Waals surface area (Å²) in [6.07, 6.45) is 2.55. The number of anilines is 1. The zero-order chi connectivity index (χ0) is 17.1. The zero-order valence-electron chi connectivity index (χ0n) is 13.0. The van der Waals surface area contributed by atoms with E-state index in [9.17, 15) is 10.1 Å². The molecule has 1 heterocycles. The minimum Gasteiger partial charge on any atom is -0.490 e. The molecule has 1 N–H and O–H groups in total. The fourth-order valence-electron chi connectivity index (χ4n) is 2.61. The summed E-state index contributed by atoms with van der Waals surface area (Å²) in [4.78, 5) is 12.3. The standard InChI is InChI=1S/C19H15ClN2O2/c1-12-7-14-8-13(5-6-18(14)24-12)9-15(11-21)19(23)22-17-4-2-3-16(20)10-17/h2-6,8-10,12H,7H2,1H3,(H,22,23)/b15-9-/t12-/m0/s1. The Hall–Kier alpha value is -2.77. The molecule has 0 radical (unpaired) electrons. The Morgan fingerprint density at radius 2 is 2.21 bits per heavy atom. The van der Waals surface area contributed by atoms with Crippen LogP contribution in [-0.4, -0.2) is 12.0 Å². The molecule has 0 fully saturated rings. The molecule has 4 nitrogen and oxygen atoms in total. The molecule has 1 atom stereocenters. The van der Waals surface area contributed by atoms with E-state index in [4.69, 9.17) is 16.3 Å². The molecule has 24 heavy (non-hydrogen) atoms. The van der Waals surface area contributed by atoms with Gasteiger partial charge in [-0.3, -0.25) is 4.79 Å². The first kappa shape index (κ1) is 16.1. The summed E-state index contributed by atoms with van der Waals surface area (Å²) in [5.74, 6) is 0.395. The minimum atomic E-state index is -0.468. The molecular weight excluding hydrogens is 324 g/mol. The Kier molecular flexibility index (Phi) is 4.54. The number of nitrogens with zero attached hydrogens (tertiary/aromatic N) is 1. The van der Waals surface area contributed by atoms with Crippen molar-refractivity contribution in [3.8, 4) is 11.8 Å². The van der Waals surface area contributed by atoms with Gasteiger partial charge in [-0.2, -0.15) is 5.26 Å². The molecule has 0 aromatic heterocycles. The van der Waals surface area contributed by atoms with Gasteiger partial charge in [0.15, 0.2) is 0 Å². The molecule has 1 amide bonds. The average molecular weight is 339 g/mol. The Morgan fingerprint density at radius 1 is 1.38 bits per heavy atom. The normalized spacial score (nSPS) is 16.0. The summed E-state index contributed by atoms with van der Waals surface area (Å²) >= 11 is 5.89. The summed E-state index contributed by atoms with van der Waals surface area (Å²) in [5, 5.41) is 12.5. The second kappa shape index (κ2) is 6.77. The number of nitriles is 1. The van der Waals surface area contributed by atoms with Crippen LogP contribution in [0.5, 0.6) is 5.75 Å². The van der Waals surface area contributed by atoms with Crippen molar-refractivity contribution in [3.63, 3.8) is 0 Å². The van der Waals surface area contributed by atoms with Crippen LogP contribution in [0.25, 0.3) is 6.08 Å². The summed E-state index contributed by atoms with van der Waals surface area (Å²) in [6.45, 7) is 2.01. The van der Waals surface area contributed by atoms with Gasteiger partial charge in [-0.05, 0) is 54.5 Å². The van der Waals surface area contributed by atoms with Crippen molar-refractivity contribution in [2.45, 2.75) is 19.4 Å². The van der Waals surface area contributed by atoms with E-state index in [1.54, 1.807) is 30.3 Å². The minimum absolute atomic E-state index is 0.0295. The summed E-state index contributed by atoms with van der Waals surface area (Å²) in [6, 6.07) is 14.4. The van der Waals surface area contributed by atoms with E-state index in [1.165, 1.54) is 0 Å². The lowest BCUT2D eigenvalue weighted by Gasteiger charge is -2.05. The van der Waals surface area contributed by atoms with Crippen LogP contribution < -0.4 is 10.1 Å². The lowest BCUT2D eigenvalue weighted by molar-refractivity contribution is -0.112. The van der Waals surface area contributed by atoms with Gasteiger partial charge in [0, 0.05) is 17.1 Å². The van der Waals surface area contributed by atoms with Gasteiger partial charge in [0.1, 0.15) is 23.5 Å². The number of rotatable bonds is 3. The largest absolute Gasteiger partial charge is 0.490 e. The van der Waals surface area contributed by atoms with E-state index in [-0.39, 0.29) is 11.7 Å². The van der Waals surface area contributed by atoms with Gasteiger partial charge >= 0.3 is 0 Å². The number of nitrogens with one attached hydrogen (secondary N) is 1. The third kappa shape index (κ3) is 3.58. The number of amides is 1. The van der Waals surface area contributed by atoms with E-state index < -0.39 is 5.91 Å². The highest BCUT2D eigenvalue weighted by molar-refractivity contribution is 6.31. The van der Waals surface area contributed by atoms with E-state index in [0.29, 0.717) is 10.7 Å². The van der Waals surface area contributed by atoms with Crippen molar-refractivity contribution in [2.75, 3.05) is 5.32 Å². The first-order valence-corrected chi connectivity index (χ1v) is 7.91. The molecule has 5 heteroatoms. The molecule has 0 saturated carbocycles. The summed E-state index contributed by atoms with van der Waals surface area (Å²) in [7, 11) is 0. The monoisotopic (exact) mass is 338 g/mol. The van der Waals surface area contributed by atoms with Gasteiger partial charge in [0.05, 0.1) is 0 Å². The zero-order valence-corrected chi connectivity index (χ0v) is 13.8. The van der Waals surface area contributed by atoms with Gasteiger partial charge in [0.2, 0.25) is 0 Å². The molecule has 2 aromatic carbocycles. The molecule has 120 valence electrons. The van der Waals surface area contributed by atoms with Crippen LogP contribution in [0.1, 0.15) is 18.1 Å². The highest BCUT2D eigenvalue weighted by atomic mass is 35.5. The first-order valence-electron chi connectivity index (χ1n) is 7.53.